The minimum atomic E-state index is -0.600. The first kappa shape index (κ1) is 9.53. The lowest BCUT2D eigenvalue weighted by Gasteiger charge is -1.94. The van der Waals surface area contributed by atoms with Crippen molar-refractivity contribution in [2.24, 2.45) is 0 Å². The van der Waals surface area contributed by atoms with Crippen LogP contribution in [0.1, 0.15) is 0 Å². The predicted molar refractivity (Wildman–Crippen MR) is 55.4 cm³/mol. The third kappa shape index (κ3) is 1.64. The maximum atomic E-state index is 11.3. The summed E-state index contributed by atoms with van der Waals surface area (Å²) >= 11 is 0.843. The van der Waals surface area contributed by atoms with Crippen molar-refractivity contribution in [1.82, 2.24) is 4.98 Å². The summed E-state index contributed by atoms with van der Waals surface area (Å²) in [6, 6.07) is 3.82. The molecule has 0 atom stereocenters. The van der Waals surface area contributed by atoms with E-state index < -0.39 is 15.4 Å². The summed E-state index contributed by atoms with van der Waals surface area (Å²) in [6.45, 7) is 0. The fourth-order valence-corrected chi connectivity index (χ4v) is 1.92. The number of H-pyrrole nitrogens is 1. The average molecular weight is 224 g/mol. The Balaban J connectivity index is 2.89. The largest absolute Gasteiger partial charge is 0.307 e. The van der Waals surface area contributed by atoms with Gasteiger partial charge < -0.3 is 0 Å². The number of hydrogen-bond donors (Lipinski definition) is 1. The molecule has 1 aromatic carbocycles. The van der Waals surface area contributed by atoms with Crippen LogP contribution in [0.25, 0.3) is 10.1 Å². The normalized spacial score (nSPS) is 10.4. The molecule has 6 nitrogen and oxygen atoms in total. The van der Waals surface area contributed by atoms with E-state index in [1.807, 2.05) is 0 Å². The fraction of sp³-hybridized carbons (Fsp3) is 0. The molecule has 0 unspecified atom stereocenters. The van der Waals surface area contributed by atoms with Gasteiger partial charge in [0, 0.05) is 16.8 Å². The highest BCUT2D eigenvalue weighted by molar-refractivity contribution is 7.15. The smallest absolute Gasteiger partial charge is 0.280 e. The van der Waals surface area contributed by atoms with Crippen LogP contribution in [0.4, 0.5) is 5.69 Å². The van der Waals surface area contributed by atoms with Crippen LogP contribution in [-0.2, 0) is 0 Å². The topological polar surface area (TPSA) is 93.1 Å². The molecule has 0 spiro atoms. The van der Waals surface area contributed by atoms with E-state index in [1.54, 1.807) is 0 Å². The minimum absolute atomic E-state index is 0.161. The van der Waals surface area contributed by atoms with E-state index in [2.05, 4.69) is 4.98 Å². The van der Waals surface area contributed by atoms with E-state index in [9.17, 15) is 19.7 Å². The van der Waals surface area contributed by atoms with Gasteiger partial charge in [-0.15, -0.1) is 0 Å². The van der Waals surface area contributed by atoms with E-state index in [0.717, 1.165) is 17.4 Å². The summed E-state index contributed by atoms with van der Waals surface area (Å²) in [7, 11) is 0. The summed E-state index contributed by atoms with van der Waals surface area (Å²) in [6.07, 6.45) is 0. The Morgan fingerprint density at radius 3 is 2.73 bits per heavy atom. The number of aromatic amines is 1. The van der Waals surface area contributed by atoms with Crippen LogP contribution in [-0.4, -0.2) is 9.91 Å². The van der Waals surface area contributed by atoms with Crippen LogP contribution in [0.5, 0.6) is 0 Å². The summed E-state index contributed by atoms with van der Waals surface area (Å²) in [4.78, 5) is 33.7. The Labute approximate surface area is 86.0 Å². The maximum Gasteiger partial charge on any atom is 0.307 e. The number of nitro benzene ring substituents is 1. The Kier molecular flexibility index (Phi) is 2.09. The minimum Gasteiger partial charge on any atom is -0.280 e. The van der Waals surface area contributed by atoms with Crippen molar-refractivity contribution in [3.05, 3.63) is 48.3 Å². The lowest BCUT2D eigenvalue weighted by molar-refractivity contribution is -0.384. The van der Waals surface area contributed by atoms with Gasteiger partial charge in [0.15, 0.2) is 0 Å². The van der Waals surface area contributed by atoms with Crippen molar-refractivity contribution in [1.29, 1.82) is 0 Å². The Hall–Kier alpha value is -2.02. The number of nitrogens with one attached hydrogen (secondary N) is 1. The Morgan fingerprint density at radius 2 is 2.07 bits per heavy atom. The second-order valence-corrected chi connectivity index (χ2v) is 3.80. The third-order valence-electron chi connectivity index (χ3n) is 1.84. The van der Waals surface area contributed by atoms with Gasteiger partial charge in [0.2, 0.25) is 0 Å². The molecule has 2 rings (SSSR count). The lowest BCUT2D eigenvalue weighted by atomic mass is 10.2. The number of benzene rings is 1. The number of rotatable bonds is 1. The molecule has 0 radical (unpaired) electrons. The van der Waals surface area contributed by atoms with Crippen molar-refractivity contribution < 1.29 is 4.92 Å². The van der Waals surface area contributed by atoms with Crippen molar-refractivity contribution in [2.45, 2.75) is 0 Å². The molecular formula is C8H4N2O4S. The first-order valence-electron chi connectivity index (χ1n) is 3.89. The lowest BCUT2D eigenvalue weighted by Crippen LogP contribution is -2.15. The average Bonchev–Trinajstić information content (AvgIpc) is 2.16. The first-order chi connectivity index (χ1) is 7.08. The van der Waals surface area contributed by atoms with Crippen LogP contribution >= 0.6 is 11.3 Å². The highest BCUT2D eigenvalue weighted by Gasteiger charge is 2.08. The molecule has 0 aliphatic rings. The van der Waals surface area contributed by atoms with Crippen LogP contribution in [0.3, 0.4) is 0 Å². The van der Waals surface area contributed by atoms with Gasteiger partial charge in [-0.1, -0.05) is 11.3 Å². The van der Waals surface area contributed by atoms with E-state index >= 15 is 0 Å². The van der Waals surface area contributed by atoms with Gasteiger partial charge in [0.05, 0.1) is 10.3 Å². The van der Waals surface area contributed by atoms with Crippen molar-refractivity contribution in [2.75, 3.05) is 0 Å². The molecule has 0 fully saturated rings. The van der Waals surface area contributed by atoms with Crippen LogP contribution in [0.2, 0.25) is 0 Å². The van der Waals surface area contributed by atoms with E-state index in [4.69, 9.17) is 0 Å². The molecular weight excluding hydrogens is 220 g/mol. The molecule has 0 bridgehead atoms. The van der Waals surface area contributed by atoms with Gasteiger partial charge in [-0.05, 0) is 6.07 Å². The second kappa shape index (κ2) is 3.28. The zero-order chi connectivity index (χ0) is 11.0. The molecule has 1 N–H and O–H groups in total. The van der Waals surface area contributed by atoms with Crippen molar-refractivity contribution in [3.8, 4) is 0 Å². The summed E-state index contributed by atoms with van der Waals surface area (Å²) < 4.78 is 0.439. The van der Waals surface area contributed by atoms with Gasteiger partial charge in [-0.3, -0.25) is 24.7 Å². The first-order valence-corrected chi connectivity index (χ1v) is 4.71. The zero-order valence-corrected chi connectivity index (χ0v) is 8.04. The van der Waals surface area contributed by atoms with Crippen molar-refractivity contribution in [3.63, 3.8) is 0 Å². The van der Waals surface area contributed by atoms with Gasteiger partial charge in [0.1, 0.15) is 0 Å². The molecule has 1 aromatic heterocycles. The standard InChI is InChI=1S/C8H4N2O4S/c11-7-5-3-4(10(13)14)1-2-6(5)15-8(12)9-7/h1-3H,(H,9,11,12). The summed E-state index contributed by atoms with van der Waals surface area (Å²) in [5, 5.41) is 10.6. The predicted octanol–water partition coefficient (Wildman–Crippen LogP) is 0.858. The van der Waals surface area contributed by atoms with Gasteiger partial charge in [-0.25, -0.2) is 0 Å². The van der Waals surface area contributed by atoms with Crippen LogP contribution < -0.4 is 10.4 Å². The Morgan fingerprint density at radius 1 is 1.33 bits per heavy atom. The van der Waals surface area contributed by atoms with E-state index in [-0.39, 0.29) is 11.1 Å². The molecule has 0 aliphatic carbocycles. The summed E-state index contributed by atoms with van der Waals surface area (Å²) in [5.74, 6) is 0. The van der Waals surface area contributed by atoms with Crippen LogP contribution in [0.15, 0.2) is 27.8 Å². The van der Waals surface area contributed by atoms with E-state index in [0.29, 0.717) is 4.70 Å². The molecule has 0 saturated heterocycles. The molecule has 7 heteroatoms. The number of non-ortho nitro benzene ring substituents is 1. The quantitative estimate of drug-likeness (QED) is 0.574. The molecule has 0 amide bonds. The van der Waals surface area contributed by atoms with Crippen LogP contribution in [0, 0.1) is 10.1 Å². The maximum absolute atomic E-state index is 11.3. The third-order valence-corrected chi connectivity index (χ3v) is 2.70. The molecule has 0 saturated carbocycles. The number of fused-ring (bicyclic) bond motifs is 1. The Bertz CT molecular complexity index is 657. The van der Waals surface area contributed by atoms with Gasteiger partial charge in [-0.2, -0.15) is 0 Å². The number of nitro groups is 1. The highest BCUT2D eigenvalue weighted by atomic mass is 32.1. The molecule has 0 aliphatic heterocycles. The molecule has 15 heavy (non-hydrogen) atoms. The monoisotopic (exact) mass is 224 g/mol. The van der Waals surface area contributed by atoms with Gasteiger partial charge >= 0.3 is 4.87 Å². The SMILES string of the molecule is O=c1[nH]c(=O)c2cc([N+](=O)[O-])ccc2s1. The molecule has 76 valence electrons. The number of aromatic nitrogens is 1. The zero-order valence-electron chi connectivity index (χ0n) is 7.22. The second-order valence-electron chi connectivity index (χ2n) is 2.78. The number of nitrogens with zero attached hydrogens (tertiary/aromatic N) is 1. The molecule has 1 heterocycles. The van der Waals surface area contributed by atoms with Gasteiger partial charge in [0.25, 0.3) is 11.2 Å². The highest BCUT2D eigenvalue weighted by Crippen LogP contribution is 2.18. The van der Waals surface area contributed by atoms with E-state index in [1.165, 1.54) is 12.1 Å². The summed E-state index contributed by atoms with van der Waals surface area (Å²) in [5.41, 5.74) is -0.767. The fourth-order valence-electron chi connectivity index (χ4n) is 1.18. The number of hydrogen-bond acceptors (Lipinski definition) is 5. The molecule has 2 aromatic rings. The van der Waals surface area contributed by atoms with Crippen molar-refractivity contribution >= 4 is 27.1 Å².